The zero-order chi connectivity index (χ0) is 13.8. The van der Waals surface area contributed by atoms with Gasteiger partial charge in [0.05, 0.1) is 15.6 Å². The lowest BCUT2D eigenvalue weighted by atomic mass is 10.1. The van der Waals surface area contributed by atoms with Crippen LogP contribution in [0.4, 0.5) is 5.69 Å². The molecule has 3 N–H and O–H groups in total. The molecule has 0 saturated carbocycles. The average molecular weight is 295 g/mol. The number of thiophene rings is 1. The molecule has 1 heterocycles. The van der Waals surface area contributed by atoms with E-state index in [0.29, 0.717) is 20.5 Å². The predicted octanol–water partition coefficient (Wildman–Crippen LogP) is 2.68. The topological polar surface area (TPSA) is 72.2 Å². The minimum absolute atomic E-state index is 0.0850. The summed E-state index contributed by atoms with van der Waals surface area (Å²) in [5.41, 5.74) is 6.44. The van der Waals surface area contributed by atoms with E-state index >= 15 is 0 Å². The third kappa shape index (κ3) is 3.56. The highest BCUT2D eigenvalue weighted by Gasteiger charge is 2.11. The second-order valence-corrected chi connectivity index (χ2v) is 5.57. The first-order valence-electron chi connectivity index (χ1n) is 5.49. The van der Waals surface area contributed by atoms with Crippen LogP contribution in [-0.2, 0) is 11.2 Å². The quantitative estimate of drug-likeness (QED) is 0.910. The van der Waals surface area contributed by atoms with E-state index in [1.807, 2.05) is 0 Å². The third-order valence-electron chi connectivity index (χ3n) is 2.43. The summed E-state index contributed by atoms with van der Waals surface area (Å²) in [6, 6.07) is 10.4. The Bertz CT molecular complexity index is 625. The molecule has 2 amide bonds. The first-order chi connectivity index (χ1) is 9.06. The molecule has 0 spiro atoms. The van der Waals surface area contributed by atoms with Crippen molar-refractivity contribution in [2.75, 3.05) is 5.32 Å². The summed E-state index contributed by atoms with van der Waals surface area (Å²) in [6.07, 6.45) is 0.0850. The third-order valence-corrected chi connectivity index (χ3v) is 3.66. The summed E-state index contributed by atoms with van der Waals surface area (Å²) in [6.45, 7) is 0. The molecule has 1 aromatic carbocycles. The summed E-state index contributed by atoms with van der Waals surface area (Å²) in [7, 11) is 0. The maximum atomic E-state index is 12.0. The Balaban J connectivity index is 2.19. The summed E-state index contributed by atoms with van der Waals surface area (Å²) in [5.74, 6) is -0.699. The molecule has 0 unspecified atom stereocenters. The number of carbonyl (C=O) groups is 2. The van der Waals surface area contributed by atoms with Crippen LogP contribution in [0.5, 0.6) is 0 Å². The van der Waals surface area contributed by atoms with E-state index in [1.54, 1.807) is 36.4 Å². The fourth-order valence-electron chi connectivity index (χ4n) is 1.60. The molecule has 2 aromatic rings. The number of anilines is 1. The highest BCUT2D eigenvalue weighted by atomic mass is 35.5. The van der Waals surface area contributed by atoms with Gasteiger partial charge >= 0.3 is 0 Å². The molecule has 4 nitrogen and oxygen atoms in total. The van der Waals surface area contributed by atoms with Gasteiger partial charge in [-0.3, -0.25) is 9.59 Å². The number of nitrogens with one attached hydrogen (secondary N) is 1. The lowest BCUT2D eigenvalue weighted by Crippen LogP contribution is -2.17. The minimum atomic E-state index is -0.444. The van der Waals surface area contributed by atoms with Crippen molar-refractivity contribution < 1.29 is 9.59 Å². The van der Waals surface area contributed by atoms with Gasteiger partial charge in [-0.15, -0.1) is 11.3 Å². The molecule has 0 bridgehead atoms. The highest BCUT2D eigenvalue weighted by molar-refractivity contribution is 7.18. The van der Waals surface area contributed by atoms with Gasteiger partial charge in [-0.2, -0.15) is 0 Å². The average Bonchev–Trinajstić information content (AvgIpc) is 2.78. The molecule has 1 aromatic heterocycles. The molecule has 0 atom stereocenters. The van der Waals surface area contributed by atoms with Crippen molar-refractivity contribution in [1.82, 2.24) is 0 Å². The molecule has 0 saturated heterocycles. The Morgan fingerprint density at radius 3 is 2.58 bits per heavy atom. The zero-order valence-electron chi connectivity index (χ0n) is 9.85. The van der Waals surface area contributed by atoms with Crippen LogP contribution in [0.3, 0.4) is 0 Å². The Morgan fingerprint density at radius 1 is 1.21 bits per heavy atom. The number of benzene rings is 1. The fraction of sp³-hybridized carbons (Fsp3) is 0.0769. The maximum absolute atomic E-state index is 12.0. The Hall–Kier alpha value is -1.85. The van der Waals surface area contributed by atoms with Crippen LogP contribution in [0.2, 0.25) is 4.34 Å². The number of halogens is 1. The van der Waals surface area contributed by atoms with Crippen molar-refractivity contribution in [3.8, 4) is 0 Å². The standard InChI is InChI=1S/C13H11ClN2O2S/c14-11-6-5-10(19-11)13(18)16-9-4-2-1-3-8(9)7-12(15)17/h1-6H,7H2,(H2,15,17)(H,16,18). The van der Waals surface area contributed by atoms with E-state index in [1.165, 1.54) is 11.3 Å². The van der Waals surface area contributed by atoms with Gasteiger partial charge in [-0.05, 0) is 23.8 Å². The molecule has 0 aliphatic rings. The predicted molar refractivity (Wildman–Crippen MR) is 76.6 cm³/mol. The number of hydrogen-bond donors (Lipinski definition) is 2. The highest BCUT2D eigenvalue weighted by Crippen LogP contribution is 2.23. The SMILES string of the molecule is NC(=O)Cc1ccccc1NC(=O)c1ccc(Cl)s1. The lowest BCUT2D eigenvalue weighted by molar-refractivity contribution is -0.117. The van der Waals surface area contributed by atoms with Gasteiger partial charge < -0.3 is 11.1 Å². The van der Waals surface area contributed by atoms with Crippen LogP contribution in [0.25, 0.3) is 0 Å². The molecular weight excluding hydrogens is 284 g/mol. The van der Waals surface area contributed by atoms with E-state index in [4.69, 9.17) is 17.3 Å². The largest absolute Gasteiger partial charge is 0.369 e. The van der Waals surface area contributed by atoms with Gasteiger partial charge in [0.25, 0.3) is 5.91 Å². The Labute approximate surface area is 119 Å². The molecule has 0 aliphatic heterocycles. The molecule has 19 heavy (non-hydrogen) atoms. The van der Waals surface area contributed by atoms with Crippen molar-refractivity contribution in [3.63, 3.8) is 0 Å². The van der Waals surface area contributed by atoms with Crippen molar-refractivity contribution >= 4 is 40.4 Å². The lowest BCUT2D eigenvalue weighted by Gasteiger charge is -2.08. The summed E-state index contributed by atoms with van der Waals surface area (Å²) < 4.78 is 0.551. The number of carbonyl (C=O) groups excluding carboxylic acids is 2. The van der Waals surface area contributed by atoms with Crippen LogP contribution in [0.1, 0.15) is 15.2 Å². The van der Waals surface area contributed by atoms with Crippen LogP contribution < -0.4 is 11.1 Å². The van der Waals surface area contributed by atoms with Crippen LogP contribution in [0.15, 0.2) is 36.4 Å². The number of para-hydroxylation sites is 1. The maximum Gasteiger partial charge on any atom is 0.265 e. The number of nitrogens with two attached hydrogens (primary N) is 1. The Morgan fingerprint density at radius 2 is 1.95 bits per heavy atom. The van der Waals surface area contributed by atoms with Crippen molar-refractivity contribution in [2.24, 2.45) is 5.73 Å². The zero-order valence-corrected chi connectivity index (χ0v) is 11.4. The van der Waals surface area contributed by atoms with Crippen LogP contribution in [-0.4, -0.2) is 11.8 Å². The molecular formula is C13H11ClN2O2S. The molecule has 98 valence electrons. The molecule has 0 radical (unpaired) electrons. The van der Waals surface area contributed by atoms with Gasteiger partial charge in [0.2, 0.25) is 5.91 Å². The van der Waals surface area contributed by atoms with Crippen LogP contribution >= 0.6 is 22.9 Å². The number of primary amides is 1. The van der Waals surface area contributed by atoms with Gasteiger partial charge in [0.15, 0.2) is 0 Å². The summed E-state index contributed by atoms with van der Waals surface area (Å²) >= 11 is 6.98. The normalized spacial score (nSPS) is 10.2. The van der Waals surface area contributed by atoms with E-state index in [-0.39, 0.29) is 12.3 Å². The second kappa shape index (κ2) is 5.86. The molecule has 0 fully saturated rings. The first-order valence-corrected chi connectivity index (χ1v) is 6.68. The van der Waals surface area contributed by atoms with Gasteiger partial charge in [-0.25, -0.2) is 0 Å². The van der Waals surface area contributed by atoms with Crippen molar-refractivity contribution in [2.45, 2.75) is 6.42 Å². The Kier molecular flexibility index (Phi) is 4.19. The smallest absolute Gasteiger partial charge is 0.265 e. The molecule has 0 aliphatic carbocycles. The summed E-state index contributed by atoms with van der Waals surface area (Å²) in [4.78, 5) is 23.5. The van der Waals surface area contributed by atoms with E-state index < -0.39 is 5.91 Å². The number of amides is 2. The van der Waals surface area contributed by atoms with Crippen molar-refractivity contribution in [3.05, 3.63) is 51.2 Å². The first kappa shape index (κ1) is 13.6. The van der Waals surface area contributed by atoms with Gasteiger partial charge in [0.1, 0.15) is 0 Å². The van der Waals surface area contributed by atoms with Gasteiger partial charge in [-0.1, -0.05) is 29.8 Å². The molecule has 2 rings (SSSR count). The molecule has 6 heteroatoms. The monoisotopic (exact) mass is 294 g/mol. The minimum Gasteiger partial charge on any atom is -0.369 e. The van der Waals surface area contributed by atoms with Crippen molar-refractivity contribution in [1.29, 1.82) is 0 Å². The summed E-state index contributed by atoms with van der Waals surface area (Å²) in [5, 5.41) is 2.75. The number of rotatable bonds is 4. The van der Waals surface area contributed by atoms with Gasteiger partial charge in [0, 0.05) is 5.69 Å². The second-order valence-electron chi connectivity index (χ2n) is 3.86. The van der Waals surface area contributed by atoms with Crippen LogP contribution in [0, 0.1) is 0 Å². The van der Waals surface area contributed by atoms with E-state index in [0.717, 1.165) is 0 Å². The van der Waals surface area contributed by atoms with E-state index in [9.17, 15) is 9.59 Å². The number of hydrogen-bond acceptors (Lipinski definition) is 3. The fourth-order valence-corrected chi connectivity index (χ4v) is 2.54. The van der Waals surface area contributed by atoms with E-state index in [2.05, 4.69) is 5.32 Å².